The van der Waals surface area contributed by atoms with Crippen LogP contribution in [-0.2, 0) is 0 Å². The number of nitrogens with one attached hydrogen (secondary N) is 1. The lowest BCUT2D eigenvalue weighted by atomic mass is 10.2. The average molecular weight is 254 g/mol. The molecule has 1 N–H and O–H groups in total. The Hall–Kier alpha value is -0.970. The number of aromatic nitrogens is 2. The molecule has 0 aliphatic rings. The fourth-order valence-electron chi connectivity index (χ4n) is 1.63. The fraction of sp³-hybridized carbons (Fsp3) is 0.750. The first-order valence-corrected chi connectivity index (χ1v) is 7.10. The van der Waals surface area contributed by atoms with Gasteiger partial charge in [0.25, 0.3) is 0 Å². The molecule has 1 aromatic heterocycles. The summed E-state index contributed by atoms with van der Waals surface area (Å²) in [6, 6.07) is 0. The minimum Gasteiger partial charge on any atom is -0.356 e. The lowest BCUT2D eigenvalue weighted by molar-refractivity contribution is 0.397. The number of rotatable bonds is 7. The Labute approximate surface area is 108 Å². The largest absolute Gasteiger partial charge is 0.356 e. The smallest absolute Gasteiger partial charge is 0.141 e. The number of hydrogen-bond acceptors (Lipinski definition) is 4. The van der Waals surface area contributed by atoms with Crippen molar-refractivity contribution >= 4 is 17.4 Å². The van der Waals surface area contributed by atoms with Crippen LogP contribution in [0.2, 0.25) is 0 Å². The third kappa shape index (κ3) is 4.07. The number of unbranched alkanes of at least 4 members (excludes halogenated alkanes) is 2. The van der Waals surface area contributed by atoms with Crippen LogP contribution in [0.15, 0.2) is 0 Å². The number of nitrogens with zero attached hydrogens (tertiary/aromatic N) is 3. The molecule has 5 heteroatoms. The molecular weight excluding hydrogens is 232 g/mol. The van der Waals surface area contributed by atoms with Gasteiger partial charge < -0.3 is 4.90 Å². The summed E-state index contributed by atoms with van der Waals surface area (Å²) in [5, 5.41) is 12.2. The van der Waals surface area contributed by atoms with Gasteiger partial charge in [-0.15, -0.1) is 5.10 Å². The van der Waals surface area contributed by atoms with E-state index in [1.54, 1.807) is 0 Å². The third-order valence-corrected chi connectivity index (χ3v) is 3.58. The topological polar surface area (TPSA) is 52.9 Å². The first-order chi connectivity index (χ1) is 8.20. The van der Waals surface area contributed by atoms with Gasteiger partial charge in [0.05, 0.1) is 5.69 Å². The van der Waals surface area contributed by atoms with Crippen molar-refractivity contribution in [2.75, 3.05) is 13.1 Å². The highest BCUT2D eigenvalue weighted by molar-refractivity contribution is 7.08. The molecule has 0 saturated heterocycles. The van der Waals surface area contributed by atoms with Gasteiger partial charge in [-0.2, -0.15) is 0 Å². The molecule has 0 saturated carbocycles. The van der Waals surface area contributed by atoms with Crippen LogP contribution in [-0.4, -0.2) is 33.4 Å². The first kappa shape index (κ1) is 14.1. The summed E-state index contributed by atoms with van der Waals surface area (Å²) in [5.41, 5.74) is 0.873. The van der Waals surface area contributed by atoms with E-state index in [4.69, 9.17) is 5.41 Å². The van der Waals surface area contributed by atoms with Gasteiger partial charge in [-0.05, 0) is 31.3 Å². The van der Waals surface area contributed by atoms with Gasteiger partial charge in [-0.1, -0.05) is 31.2 Å². The summed E-state index contributed by atoms with van der Waals surface area (Å²) < 4.78 is 3.91. The van der Waals surface area contributed by atoms with Gasteiger partial charge in [0, 0.05) is 13.1 Å². The Morgan fingerprint density at radius 3 is 2.24 bits per heavy atom. The predicted octanol–water partition coefficient (Wildman–Crippen LogP) is 3.07. The molecule has 0 atom stereocenters. The zero-order valence-electron chi connectivity index (χ0n) is 11.0. The van der Waals surface area contributed by atoms with Crippen LogP contribution >= 0.6 is 11.5 Å². The highest BCUT2D eigenvalue weighted by atomic mass is 32.1. The summed E-state index contributed by atoms with van der Waals surface area (Å²) in [4.78, 5) is 3.08. The highest BCUT2D eigenvalue weighted by Crippen LogP contribution is 2.14. The van der Waals surface area contributed by atoms with Gasteiger partial charge >= 0.3 is 0 Å². The van der Waals surface area contributed by atoms with Crippen LogP contribution in [0.4, 0.5) is 0 Å². The standard InChI is InChI=1S/C12H22N4S/c1-4-6-8-16(9-7-5-2)12(13)11-10(3)14-15-17-11/h13H,4-9H2,1-3H3. The van der Waals surface area contributed by atoms with Crippen molar-refractivity contribution in [3.8, 4) is 0 Å². The van der Waals surface area contributed by atoms with Gasteiger partial charge in [0.15, 0.2) is 0 Å². The van der Waals surface area contributed by atoms with Crippen molar-refractivity contribution in [3.63, 3.8) is 0 Å². The van der Waals surface area contributed by atoms with Crippen LogP contribution in [0.25, 0.3) is 0 Å². The second-order valence-corrected chi connectivity index (χ2v) is 4.98. The van der Waals surface area contributed by atoms with E-state index < -0.39 is 0 Å². The van der Waals surface area contributed by atoms with Crippen LogP contribution in [0.3, 0.4) is 0 Å². The summed E-state index contributed by atoms with van der Waals surface area (Å²) in [7, 11) is 0. The molecular formula is C12H22N4S. The molecule has 0 bridgehead atoms. The molecule has 1 heterocycles. The minimum atomic E-state index is 0.597. The second kappa shape index (κ2) is 7.37. The SMILES string of the molecule is CCCCN(CCCC)C(=N)c1snnc1C. The molecule has 4 nitrogen and oxygen atoms in total. The van der Waals surface area contributed by atoms with E-state index in [-0.39, 0.29) is 0 Å². The quantitative estimate of drug-likeness (QED) is 0.601. The summed E-state index contributed by atoms with van der Waals surface area (Å²) >= 11 is 1.33. The van der Waals surface area contributed by atoms with E-state index in [1.165, 1.54) is 11.5 Å². The first-order valence-electron chi connectivity index (χ1n) is 6.33. The predicted molar refractivity (Wildman–Crippen MR) is 72.9 cm³/mol. The van der Waals surface area contributed by atoms with Gasteiger partial charge in [-0.3, -0.25) is 5.41 Å². The van der Waals surface area contributed by atoms with E-state index in [9.17, 15) is 0 Å². The highest BCUT2D eigenvalue weighted by Gasteiger charge is 2.15. The van der Waals surface area contributed by atoms with Crippen molar-refractivity contribution in [1.29, 1.82) is 5.41 Å². The molecule has 0 amide bonds. The molecule has 1 aromatic rings. The molecule has 0 aliphatic heterocycles. The summed E-state index contributed by atoms with van der Waals surface area (Å²) in [5.74, 6) is 0.597. The number of aryl methyl sites for hydroxylation is 1. The third-order valence-electron chi connectivity index (χ3n) is 2.75. The Morgan fingerprint density at radius 1 is 1.24 bits per heavy atom. The van der Waals surface area contributed by atoms with Gasteiger partial charge in [-0.25, -0.2) is 0 Å². The van der Waals surface area contributed by atoms with E-state index in [0.29, 0.717) is 5.84 Å². The van der Waals surface area contributed by atoms with Crippen molar-refractivity contribution in [3.05, 3.63) is 10.6 Å². The lowest BCUT2D eigenvalue weighted by Crippen LogP contribution is -2.32. The zero-order valence-corrected chi connectivity index (χ0v) is 11.8. The van der Waals surface area contributed by atoms with E-state index >= 15 is 0 Å². The van der Waals surface area contributed by atoms with Crippen LogP contribution in [0.1, 0.15) is 50.1 Å². The zero-order chi connectivity index (χ0) is 12.7. The lowest BCUT2D eigenvalue weighted by Gasteiger charge is -2.24. The van der Waals surface area contributed by atoms with E-state index in [1.807, 2.05) is 6.92 Å². The van der Waals surface area contributed by atoms with Crippen LogP contribution in [0.5, 0.6) is 0 Å². The summed E-state index contributed by atoms with van der Waals surface area (Å²) in [6.07, 6.45) is 4.60. The molecule has 0 spiro atoms. The van der Waals surface area contributed by atoms with E-state index in [2.05, 4.69) is 28.3 Å². The molecule has 1 rings (SSSR count). The Morgan fingerprint density at radius 2 is 1.82 bits per heavy atom. The maximum absolute atomic E-state index is 8.26. The normalized spacial score (nSPS) is 10.5. The minimum absolute atomic E-state index is 0.597. The van der Waals surface area contributed by atoms with Gasteiger partial charge in [0.1, 0.15) is 10.7 Å². The maximum Gasteiger partial charge on any atom is 0.141 e. The molecule has 17 heavy (non-hydrogen) atoms. The Bertz CT molecular complexity index is 340. The number of amidine groups is 1. The van der Waals surface area contributed by atoms with Crippen molar-refractivity contribution in [2.45, 2.75) is 46.5 Å². The van der Waals surface area contributed by atoms with Crippen molar-refractivity contribution < 1.29 is 0 Å². The van der Waals surface area contributed by atoms with Crippen molar-refractivity contribution in [2.24, 2.45) is 0 Å². The fourth-order valence-corrected chi connectivity index (χ4v) is 2.26. The Kier molecular flexibility index (Phi) is 6.11. The van der Waals surface area contributed by atoms with Crippen molar-refractivity contribution in [1.82, 2.24) is 14.5 Å². The van der Waals surface area contributed by atoms with Crippen LogP contribution in [0, 0.1) is 12.3 Å². The number of hydrogen-bond donors (Lipinski definition) is 1. The molecule has 0 unspecified atom stereocenters. The van der Waals surface area contributed by atoms with Gasteiger partial charge in [0.2, 0.25) is 0 Å². The molecule has 0 radical (unpaired) electrons. The Balaban J connectivity index is 2.68. The molecule has 0 aliphatic carbocycles. The summed E-state index contributed by atoms with van der Waals surface area (Å²) in [6.45, 7) is 8.22. The monoisotopic (exact) mass is 254 g/mol. The average Bonchev–Trinajstić information content (AvgIpc) is 2.75. The second-order valence-electron chi connectivity index (χ2n) is 4.23. The molecule has 0 aromatic carbocycles. The molecule has 96 valence electrons. The van der Waals surface area contributed by atoms with E-state index in [0.717, 1.165) is 49.3 Å². The van der Waals surface area contributed by atoms with Crippen LogP contribution < -0.4 is 0 Å². The molecule has 0 fully saturated rings. The maximum atomic E-state index is 8.26.